The Morgan fingerprint density at radius 3 is 2.68 bits per heavy atom. The van der Waals surface area contributed by atoms with E-state index in [4.69, 9.17) is 0 Å². The molecule has 0 radical (unpaired) electrons. The average molecular weight is 322 g/mol. The lowest BCUT2D eigenvalue weighted by atomic mass is 9.87. The van der Waals surface area contributed by atoms with Gasteiger partial charge in [0.2, 0.25) is 5.91 Å². The summed E-state index contributed by atoms with van der Waals surface area (Å²) in [5, 5.41) is 13.7. The standard InChI is InChI=1S/C17H26N2O2S/c1-12(2)9-13(3)16(20)19-7-5-17(21,6-8-19)10-15-18-14(4)11-22-15/h11,13,21H,1,5-10H2,2-4H3. The van der Waals surface area contributed by atoms with Crippen LogP contribution in [0.4, 0.5) is 0 Å². The second-order valence-corrected chi connectivity index (χ2v) is 7.61. The Kier molecular flexibility index (Phi) is 5.40. The van der Waals surface area contributed by atoms with Crippen molar-refractivity contribution >= 4 is 17.2 Å². The Bertz CT molecular complexity index is 545. The zero-order valence-electron chi connectivity index (χ0n) is 13.8. The van der Waals surface area contributed by atoms with Gasteiger partial charge in [0.25, 0.3) is 0 Å². The van der Waals surface area contributed by atoms with Crippen LogP contribution in [0.25, 0.3) is 0 Å². The Balaban J connectivity index is 1.89. The highest BCUT2D eigenvalue weighted by Gasteiger charge is 2.35. The Hall–Kier alpha value is -1.20. The predicted molar refractivity (Wildman–Crippen MR) is 89.9 cm³/mol. The summed E-state index contributed by atoms with van der Waals surface area (Å²) in [4.78, 5) is 18.7. The van der Waals surface area contributed by atoms with Crippen molar-refractivity contribution < 1.29 is 9.90 Å². The van der Waals surface area contributed by atoms with Crippen LogP contribution in [-0.4, -0.2) is 39.6 Å². The summed E-state index contributed by atoms with van der Waals surface area (Å²) >= 11 is 1.60. The highest BCUT2D eigenvalue weighted by molar-refractivity contribution is 7.09. The number of hydrogen-bond donors (Lipinski definition) is 1. The van der Waals surface area contributed by atoms with Gasteiger partial charge in [-0.3, -0.25) is 4.79 Å². The summed E-state index contributed by atoms with van der Waals surface area (Å²) in [6.07, 6.45) is 2.57. The molecule has 22 heavy (non-hydrogen) atoms. The van der Waals surface area contributed by atoms with Gasteiger partial charge in [-0.25, -0.2) is 4.98 Å². The maximum Gasteiger partial charge on any atom is 0.225 e. The number of rotatable bonds is 5. The fraction of sp³-hybridized carbons (Fsp3) is 0.647. The summed E-state index contributed by atoms with van der Waals surface area (Å²) in [5.74, 6) is 0.153. The van der Waals surface area contributed by atoms with E-state index in [9.17, 15) is 9.90 Å². The molecule has 1 amide bonds. The van der Waals surface area contributed by atoms with Gasteiger partial charge in [-0.05, 0) is 33.1 Å². The minimum absolute atomic E-state index is 0.0229. The molecule has 0 aliphatic carbocycles. The molecule has 0 aromatic carbocycles. The highest BCUT2D eigenvalue weighted by Crippen LogP contribution is 2.28. The number of aromatic nitrogens is 1. The van der Waals surface area contributed by atoms with E-state index >= 15 is 0 Å². The summed E-state index contributed by atoms with van der Waals surface area (Å²) in [6, 6.07) is 0. The third-order valence-electron chi connectivity index (χ3n) is 4.23. The Morgan fingerprint density at radius 1 is 1.55 bits per heavy atom. The first-order valence-corrected chi connectivity index (χ1v) is 8.73. The molecule has 1 aromatic heterocycles. The first-order valence-electron chi connectivity index (χ1n) is 7.86. The van der Waals surface area contributed by atoms with Crippen LogP contribution in [0.3, 0.4) is 0 Å². The SMILES string of the molecule is C=C(C)CC(C)C(=O)N1CCC(O)(Cc2nc(C)cs2)CC1. The summed E-state index contributed by atoms with van der Waals surface area (Å²) in [5.41, 5.74) is 1.32. The third-order valence-corrected chi connectivity index (χ3v) is 5.20. The lowest BCUT2D eigenvalue weighted by molar-refractivity contribution is -0.139. The first-order chi connectivity index (χ1) is 10.3. The van der Waals surface area contributed by atoms with Crippen LogP contribution in [-0.2, 0) is 11.2 Å². The molecular weight excluding hydrogens is 296 g/mol. The Labute approximate surface area is 136 Å². The molecular formula is C17H26N2O2S. The molecule has 1 fully saturated rings. The van der Waals surface area contributed by atoms with Gasteiger partial charge in [-0.2, -0.15) is 0 Å². The number of carbonyl (C=O) groups excluding carboxylic acids is 1. The second kappa shape index (κ2) is 6.92. The van der Waals surface area contributed by atoms with Crippen molar-refractivity contribution in [3.63, 3.8) is 0 Å². The van der Waals surface area contributed by atoms with Gasteiger partial charge >= 0.3 is 0 Å². The molecule has 1 saturated heterocycles. The predicted octanol–water partition coefficient (Wildman–Crippen LogP) is 2.95. The first kappa shape index (κ1) is 17.2. The van der Waals surface area contributed by atoms with Crippen LogP contribution in [0.5, 0.6) is 0 Å². The van der Waals surface area contributed by atoms with Crippen LogP contribution in [0.15, 0.2) is 17.5 Å². The van der Waals surface area contributed by atoms with E-state index in [0.29, 0.717) is 32.4 Å². The highest BCUT2D eigenvalue weighted by atomic mass is 32.1. The Morgan fingerprint density at radius 2 is 2.18 bits per heavy atom. The molecule has 1 unspecified atom stereocenters. The molecule has 122 valence electrons. The number of allylic oxidation sites excluding steroid dienone is 1. The van der Waals surface area contributed by atoms with Gasteiger partial charge in [-0.15, -0.1) is 17.9 Å². The molecule has 0 bridgehead atoms. The molecule has 2 rings (SSSR count). The average Bonchev–Trinajstić information content (AvgIpc) is 2.82. The summed E-state index contributed by atoms with van der Waals surface area (Å²) in [6.45, 7) is 11.0. The largest absolute Gasteiger partial charge is 0.389 e. The molecule has 0 spiro atoms. The molecule has 0 saturated carbocycles. The van der Waals surface area contributed by atoms with Crippen molar-refractivity contribution in [1.82, 2.24) is 9.88 Å². The quantitative estimate of drug-likeness (QED) is 0.848. The fourth-order valence-corrected chi connectivity index (χ4v) is 3.92. The van der Waals surface area contributed by atoms with E-state index in [2.05, 4.69) is 11.6 Å². The van der Waals surface area contributed by atoms with Crippen LogP contribution < -0.4 is 0 Å². The molecule has 5 heteroatoms. The number of aryl methyl sites for hydroxylation is 1. The van der Waals surface area contributed by atoms with Crippen molar-refractivity contribution in [2.24, 2.45) is 5.92 Å². The van der Waals surface area contributed by atoms with Gasteiger partial charge in [0.15, 0.2) is 0 Å². The van der Waals surface area contributed by atoms with Crippen LogP contribution in [0, 0.1) is 12.8 Å². The smallest absolute Gasteiger partial charge is 0.225 e. The maximum atomic E-state index is 12.4. The normalized spacial score (nSPS) is 19.0. The number of likely N-dealkylation sites (tertiary alicyclic amines) is 1. The minimum atomic E-state index is -0.724. The number of amides is 1. The van der Waals surface area contributed by atoms with E-state index in [-0.39, 0.29) is 11.8 Å². The minimum Gasteiger partial charge on any atom is -0.389 e. The molecule has 1 aliphatic rings. The van der Waals surface area contributed by atoms with Crippen molar-refractivity contribution in [2.75, 3.05) is 13.1 Å². The molecule has 4 nitrogen and oxygen atoms in total. The van der Waals surface area contributed by atoms with E-state index in [1.807, 2.05) is 31.1 Å². The van der Waals surface area contributed by atoms with Crippen LogP contribution in [0.2, 0.25) is 0 Å². The van der Waals surface area contributed by atoms with Crippen molar-refractivity contribution in [3.05, 3.63) is 28.2 Å². The number of thiazole rings is 1. The molecule has 2 heterocycles. The topological polar surface area (TPSA) is 53.4 Å². The van der Waals surface area contributed by atoms with E-state index in [1.165, 1.54) is 0 Å². The monoisotopic (exact) mass is 322 g/mol. The number of piperidine rings is 1. The molecule has 1 atom stereocenters. The van der Waals surface area contributed by atoms with Gasteiger partial charge in [0.1, 0.15) is 0 Å². The van der Waals surface area contributed by atoms with Crippen LogP contribution in [0.1, 0.15) is 43.8 Å². The van der Waals surface area contributed by atoms with Crippen molar-refractivity contribution in [2.45, 2.75) is 52.1 Å². The lowest BCUT2D eigenvalue weighted by Crippen LogP contribution is -2.49. The molecule has 1 aromatic rings. The molecule has 1 N–H and O–H groups in total. The number of hydrogen-bond acceptors (Lipinski definition) is 4. The van der Waals surface area contributed by atoms with Crippen LogP contribution >= 0.6 is 11.3 Å². The summed E-state index contributed by atoms with van der Waals surface area (Å²) < 4.78 is 0. The van der Waals surface area contributed by atoms with Crippen molar-refractivity contribution in [1.29, 1.82) is 0 Å². The third kappa shape index (κ3) is 4.40. The zero-order chi connectivity index (χ0) is 16.3. The van der Waals surface area contributed by atoms with Gasteiger partial charge in [0.05, 0.1) is 10.6 Å². The number of carbonyl (C=O) groups is 1. The fourth-order valence-electron chi connectivity index (χ4n) is 3.01. The van der Waals surface area contributed by atoms with Gasteiger partial charge in [0, 0.05) is 36.5 Å². The van der Waals surface area contributed by atoms with Gasteiger partial charge < -0.3 is 10.0 Å². The van der Waals surface area contributed by atoms with E-state index in [0.717, 1.165) is 22.7 Å². The van der Waals surface area contributed by atoms with E-state index < -0.39 is 5.60 Å². The number of nitrogens with zero attached hydrogens (tertiary/aromatic N) is 2. The maximum absolute atomic E-state index is 12.4. The van der Waals surface area contributed by atoms with Crippen molar-refractivity contribution in [3.8, 4) is 0 Å². The molecule has 1 aliphatic heterocycles. The lowest BCUT2D eigenvalue weighted by Gasteiger charge is -2.38. The number of aliphatic hydroxyl groups is 1. The second-order valence-electron chi connectivity index (χ2n) is 6.67. The summed E-state index contributed by atoms with van der Waals surface area (Å²) in [7, 11) is 0. The van der Waals surface area contributed by atoms with E-state index in [1.54, 1.807) is 11.3 Å². The van der Waals surface area contributed by atoms with Gasteiger partial charge in [-0.1, -0.05) is 12.5 Å². The zero-order valence-corrected chi connectivity index (χ0v) is 14.6.